The Balaban J connectivity index is 1.01. The summed E-state index contributed by atoms with van der Waals surface area (Å²) in [4.78, 5) is 18.0. The molecule has 0 radical (unpaired) electrons. The van der Waals surface area contributed by atoms with E-state index in [1.165, 1.54) is 22.4 Å². The zero-order chi connectivity index (χ0) is 28.3. The molecule has 0 spiro atoms. The molecule has 8 nitrogen and oxygen atoms in total. The number of carbonyl (C=O) groups excluding carboxylic acids is 1. The second-order valence-electron chi connectivity index (χ2n) is 11.2. The van der Waals surface area contributed by atoms with E-state index >= 15 is 0 Å². The highest BCUT2D eigenvalue weighted by Gasteiger charge is 2.29. The summed E-state index contributed by atoms with van der Waals surface area (Å²) >= 11 is 0. The Kier molecular flexibility index (Phi) is 7.83. The molecule has 1 aliphatic heterocycles. The van der Waals surface area contributed by atoms with Gasteiger partial charge in [0, 0.05) is 62.2 Å². The number of aryl methyl sites for hydroxylation is 3. The lowest BCUT2D eigenvalue weighted by atomic mass is 9.93. The Labute approximate surface area is 241 Å². The van der Waals surface area contributed by atoms with E-state index in [2.05, 4.69) is 64.6 Å². The maximum Gasteiger partial charge on any atom is 0.287 e. The van der Waals surface area contributed by atoms with Gasteiger partial charge in [-0.1, -0.05) is 29.8 Å². The van der Waals surface area contributed by atoms with Crippen molar-refractivity contribution < 1.29 is 13.9 Å². The van der Waals surface area contributed by atoms with Crippen molar-refractivity contribution in [1.82, 2.24) is 20.0 Å². The first-order chi connectivity index (χ1) is 20.0. The van der Waals surface area contributed by atoms with Crippen LogP contribution in [0, 0.1) is 13.8 Å². The molecule has 1 aliphatic carbocycles. The van der Waals surface area contributed by atoms with Crippen molar-refractivity contribution in [3.63, 3.8) is 0 Å². The van der Waals surface area contributed by atoms with E-state index in [9.17, 15) is 4.79 Å². The van der Waals surface area contributed by atoms with Crippen LogP contribution in [0.25, 0.3) is 11.3 Å². The molecule has 0 saturated carbocycles. The summed E-state index contributed by atoms with van der Waals surface area (Å²) in [7, 11) is 1.69. The normalized spacial score (nSPS) is 15.0. The molecular weight excluding hydrogens is 514 g/mol. The van der Waals surface area contributed by atoms with E-state index < -0.39 is 0 Å². The third-order valence-corrected chi connectivity index (χ3v) is 8.33. The molecule has 6 rings (SSSR count). The van der Waals surface area contributed by atoms with Gasteiger partial charge in [0.05, 0.1) is 19.3 Å². The van der Waals surface area contributed by atoms with Crippen molar-refractivity contribution in [2.45, 2.75) is 39.7 Å². The van der Waals surface area contributed by atoms with Crippen LogP contribution in [0.1, 0.15) is 45.0 Å². The molecule has 8 heteroatoms. The monoisotopic (exact) mass is 553 g/mol. The molecule has 2 aliphatic rings. The maximum atomic E-state index is 13.1. The Morgan fingerprint density at radius 2 is 1.76 bits per heavy atom. The standard InChI is InChI=1S/C33H39N5O3/c1-23-5-7-25(8-6-23)21-38-22-26-9-14-29-30(31(26)35-38)24(2)32(41-29)33(39)34-15-4-16-36-17-19-37(20-18-36)27-10-12-28(40-3)13-11-27/h5-8,10-13,22H,4,9,14-21H2,1-3H3,(H,34,39). The van der Waals surface area contributed by atoms with Crippen LogP contribution < -0.4 is 15.0 Å². The third kappa shape index (κ3) is 5.88. The highest BCUT2D eigenvalue weighted by molar-refractivity contribution is 5.95. The number of benzene rings is 2. The number of rotatable bonds is 9. The number of methoxy groups -OCH3 is 1. The van der Waals surface area contributed by atoms with Gasteiger partial charge in [0.1, 0.15) is 11.5 Å². The summed E-state index contributed by atoms with van der Waals surface area (Å²) in [5.41, 5.74) is 7.75. The number of nitrogens with one attached hydrogen (secondary N) is 1. The maximum absolute atomic E-state index is 13.1. The lowest BCUT2D eigenvalue weighted by molar-refractivity contribution is 0.0921. The first-order valence-electron chi connectivity index (χ1n) is 14.6. The Bertz CT molecular complexity index is 1500. The van der Waals surface area contributed by atoms with Crippen LogP contribution in [0.2, 0.25) is 0 Å². The SMILES string of the molecule is COc1ccc(N2CCN(CCCNC(=O)c3oc4c(c3C)-c3nn(Cc5ccc(C)cc5)cc3CC4)CC2)cc1. The molecule has 2 aromatic carbocycles. The number of fused-ring (bicyclic) bond motifs is 3. The summed E-state index contributed by atoms with van der Waals surface area (Å²) in [6, 6.07) is 16.8. The summed E-state index contributed by atoms with van der Waals surface area (Å²) in [6.45, 7) is 10.4. The number of anilines is 1. The Morgan fingerprint density at radius 3 is 2.49 bits per heavy atom. The third-order valence-electron chi connectivity index (χ3n) is 8.33. The lowest BCUT2D eigenvalue weighted by Gasteiger charge is -2.36. The van der Waals surface area contributed by atoms with E-state index in [4.69, 9.17) is 14.3 Å². The zero-order valence-corrected chi connectivity index (χ0v) is 24.3. The van der Waals surface area contributed by atoms with Crippen LogP contribution in [-0.2, 0) is 19.4 Å². The largest absolute Gasteiger partial charge is 0.497 e. The topological polar surface area (TPSA) is 75.8 Å². The lowest BCUT2D eigenvalue weighted by Crippen LogP contribution is -2.47. The molecule has 1 saturated heterocycles. The molecule has 0 bridgehead atoms. The summed E-state index contributed by atoms with van der Waals surface area (Å²) in [5.74, 6) is 2.04. The van der Waals surface area contributed by atoms with Crippen molar-refractivity contribution in [3.8, 4) is 17.0 Å². The van der Waals surface area contributed by atoms with Gasteiger partial charge in [-0.05, 0) is 68.6 Å². The summed E-state index contributed by atoms with van der Waals surface area (Å²) in [5, 5.41) is 8.01. The van der Waals surface area contributed by atoms with E-state index in [1.807, 2.05) is 23.7 Å². The number of ether oxygens (including phenoxy) is 1. The Hall–Kier alpha value is -4.04. The van der Waals surface area contributed by atoms with Crippen LogP contribution in [0.4, 0.5) is 5.69 Å². The van der Waals surface area contributed by atoms with Gasteiger partial charge in [-0.3, -0.25) is 14.4 Å². The highest BCUT2D eigenvalue weighted by atomic mass is 16.5. The molecule has 1 amide bonds. The predicted molar refractivity (Wildman–Crippen MR) is 161 cm³/mol. The highest BCUT2D eigenvalue weighted by Crippen LogP contribution is 2.38. The number of hydrogen-bond acceptors (Lipinski definition) is 6. The van der Waals surface area contributed by atoms with Crippen molar-refractivity contribution in [2.24, 2.45) is 0 Å². The number of piperazine rings is 1. The minimum atomic E-state index is -0.137. The molecule has 0 atom stereocenters. The van der Waals surface area contributed by atoms with E-state index in [-0.39, 0.29) is 5.91 Å². The van der Waals surface area contributed by atoms with Gasteiger partial charge >= 0.3 is 0 Å². The van der Waals surface area contributed by atoms with Gasteiger partial charge in [-0.15, -0.1) is 0 Å². The second kappa shape index (κ2) is 11.8. The van der Waals surface area contributed by atoms with Crippen molar-refractivity contribution in [3.05, 3.63) is 88.5 Å². The van der Waals surface area contributed by atoms with Gasteiger partial charge in [0.2, 0.25) is 0 Å². The molecular formula is C33H39N5O3. The van der Waals surface area contributed by atoms with Crippen molar-refractivity contribution >= 4 is 11.6 Å². The first-order valence-corrected chi connectivity index (χ1v) is 14.6. The fourth-order valence-electron chi connectivity index (χ4n) is 5.95. The van der Waals surface area contributed by atoms with Crippen LogP contribution >= 0.6 is 0 Å². The number of furan rings is 1. The average Bonchev–Trinajstić information content (AvgIpc) is 3.56. The molecule has 41 heavy (non-hydrogen) atoms. The fraction of sp³-hybridized carbons (Fsp3) is 0.394. The molecule has 0 unspecified atom stereocenters. The number of aromatic nitrogens is 2. The minimum absolute atomic E-state index is 0.137. The van der Waals surface area contributed by atoms with E-state index in [0.29, 0.717) is 12.3 Å². The van der Waals surface area contributed by atoms with Crippen LogP contribution in [-0.4, -0.2) is 67.0 Å². The van der Waals surface area contributed by atoms with Gasteiger partial charge < -0.3 is 19.4 Å². The summed E-state index contributed by atoms with van der Waals surface area (Å²) < 4.78 is 13.4. The van der Waals surface area contributed by atoms with Crippen LogP contribution in [0.15, 0.2) is 59.1 Å². The minimum Gasteiger partial charge on any atom is -0.497 e. The van der Waals surface area contributed by atoms with Crippen LogP contribution in [0.3, 0.4) is 0 Å². The van der Waals surface area contributed by atoms with Crippen molar-refractivity contribution in [1.29, 1.82) is 0 Å². The van der Waals surface area contributed by atoms with E-state index in [1.54, 1.807) is 7.11 Å². The molecule has 3 heterocycles. The number of amides is 1. The smallest absolute Gasteiger partial charge is 0.287 e. The fourth-order valence-corrected chi connectivity index (χ4v) is 5.95. The molecule has 214 valence electrons. The van der Waals surface area contributed by atoms with Gasteiger partial charge in [0.15, 0.2) is 5.76 Å². The zero-order valence-electron chi connectivity index (χ0n) is 24.3. The number of nitrogens with zero attached hydrogens (tertiary/aromatic N) is 4. The number of hydrogen-bond donors (Lipinski definition) is 1. The van der Waals surface area contributed by atoms with Gasteiger partial charge in [0.25, 0.3) is 5.91 Å². The predicted octanol–water partition coefficient (Wildman–Crippen LogP) is 4.86. The number of carbonyl (C=O) groups is 1. The van der Waals surface area contributed by atoms with Crippen LogP contribution in [0.5, 0.6) is 5.75 Å². The first kappa shape index (κ1) is 27.1. The Morgan fingerprint density at radius 1 is 1.00 bits per heavy atom. The molecule has 1 N–H and O–H groups in total. The molecule has 4 aromatic rings. The summed E-state index contributed by atoms with van der Waals surface area (Å²) in [6.07, 6.45) is 4.70. The second-order valence-corrected chi connectivity index (χ2v) is 11.2. The van der Waals surface area contributed by atoms with Crippen molar-refractivity contribution in [2.75, 3.05) is 51.3 Å². The van der Waals surface area contributed by atoms with Gasteiger partial charge in [-0.25, -0.2) is 0 Å². The molecule has 2 aromatic heterocycles. The molecule has 1 fully saturated rings. The van der Waals surface area contributed by atoms with E-state index in [0.717, 1.165) is 86.9 Å². The quantitative estimate of drug-likeness (QED) is 0.299. The van der Waals surface area contributed by atoms with Gasteiger partial charge in [-0.2, -0.15) is 5.10 Å². The average molecular weight is 554 g/mol.